The summed E-state index contributed by atoms with van der Waals surface area (Å²) >= 11 is 0. The van der Waals surface area contributed by atoms with Gasteiger partial charge in [0.05, 0.1) is 19.1 Å². The number of carbonyl (C=O) groups is 2. The highest BCUT2D eigenvalue weighted by Gasteiger charge is 2.62. The van der Waals surface area contributed by atoms with Gasteiger partial charge in [0.15, 0.2) is 0 Å². The van der Waals surface area contributed by atoms with Gasteiger partial charge in [0.25, 0.3) is 5.91 Å². The Balaban J connectivity index is 1.58. The van der Waals surface area contributed by atoms with Crippen molar-refractivity contribution < 1.29 is 27.5 Å². The van der Waals surface area contributed by atoms with Crippen molar-refractivity contribution in [2.75, 3.05) is 27.8 Å². The van der Waals surface area contributed by atoms with Gasteiger partial charge in [0, 0.05) is 49.2 Å². The normalized spacial score (nSPS) is 20.9. The maximum atomic E-state index is 13.6. The van der Waals surface area contributed by atoms with Crippen LogP contribution in [0.2, 0.25) is 0 Å². The Morgan fingerprint density at radius 1 is 1.10 bits per heavy atom. The van der Waals surface area contributed by atoms with Gasteiger partial charge >= 0.3 is 16.2 Å². The summed E-state index contributed by atoms with van der Waals surface area (Å²) < 4.78 is 41.0. The van der Waals surface area contributed by atoms with Crippen LogP contribution in [0.15, 0.2) is 42.6 Å². The predicted octanol–water partition coefficient (Wildman–Crippen LogP) is 3.23. The highest BCUT2D eigenvalue weighted by Crippen LogP contribution is 2.61. The predicted molar refractivity (Wildman–Crippen MR) is 165 cm³/mol. The number of fused-ring (bicyclic) bond motifs is 1. The van der Waals surface area contributed by atoms with Crippen LogP contribution in [0.5, 0.6) is 5.75 Å². The third kappa shape index (κ3) is 5.68. The second-order valence-corrected chi connectivity index (χ2v) is 13.7. The molecule has 2 atom stereocenters. The van der Waals surface area contributed by atoms with Crippen LogP contribution in [-0.2, 0) is 26.3 Å². The molecule has 42 heavy (non-hydrogen) atoms. The van der Waals surface area contributed by atoms with Crippen LogP contribution in [0.1, 0.15) is 78.8 Å². The molecule has 0 spiro atoms. The summed E-state index contributed by atoms with van der Waals surface area (Å²) in [5.74, 6) is 0.164. The fraction of sp³-hybridized carbons (Fsp3) is 0.484. The number of hydrogen-bond acceptors (Lipinski definition) is 6. The molecule has 5 rings (SSSR count). The number of methoxy groups -OCH3 is 1. The van der Waals surface area contributed by atoms with Gasteiger partial charge in [-0.15, -0.1) is 0 Å². The van der Waals surface area contributed by atoms with E-state index >= 15 is 0 Å². The van der Waals surface area contributed by atoms with Crippen molar-refractivity contribution in [3.63, 3.8) is 0 Å². The molecule has 2 aromatic carbocycles. The van der Waals surface area contributed by atoms with Gasteiger partial charge < -0.3 is 14.0 Å². The first-order valence-electron chi connectivity index (χ1n) is 14.7. The lowest BCUT2D eigenvalue weighted by atomic mass is 9.84. The van der Waals surface area contributed by atoms with E-state index < -0.39 is 21.5 Å². The lowest BCUT2D eigenvalue weighted by Crippen LogP contribution is -2.39. The van der Waals surface area contributed by atoms with E-state index in [0.29, 0.717) is 18.9 Å². The Hall–Kier alpha value is -3.31. The van der Waals surface area contributed by atoms with Gasteiger partial charge in [-0.1, -0.05) is 36.9 Å². The van der Waals surface area contributed by atoms with Gasteiger partial charge in [-0.05, 0) is 67.5 Å². The highest BCUT2D eigenvalue weighted by molar-refractivity contribution is 7.87. The van der Waals surface area contributed by atoms with Gasteiger partial charge in [-0.25, -0.2) is 4.72 Å². The van der Waals surface area contributed by atoms with Crippen LogP contribution >= 0.6 is 0 Å². The second kappa shape index (κ2) is 11.8. The van der Waals surface area contributed by atoms with Gasteiger partial charge in [-0.2, -0.15) is 12.7 Å². The van der Waals surface area contributed by atoms with Crippen molar-refractivity contribution in [1.29, 1.82) is 0 Å². The van der Waals surface area contributed by atoms with Crippen molar-refractivity contribution in [2.45, 2.75) is 63.8 Å². The number of ether oxygens (including phenoxy) is 2. The fourth-order valence-electron chi connectivity index (χ4n) is 6.48. The maximum Gasteiger partial charge on any atom is 0.314 e. The average Bonchev–Trinajstić information content (AvgIpc) is 3.59. The summed E-state index contributed by atoms with van der Waals surface area (Å²) in [6.45, 7) is 2.49. The van der Waals surface area contributed by atoms with Crippen LogP contribution in [0, 0.1) is 5.41 Å². The van der Waals surface area contributed by atoms with E-state index in [4.69, 9.17) is 9.47 Å². The van der Waals surface area contributed by atoms with E-state index in [0.717, 1.165) is 44.8 Å². The number of benzene rings is 2. The van der Waals surface area contributed by atoms with Crippen LogP contribution in [0.25, 0.3) is 10.9 Å². The largest absolute Gasteiger partial charge is 0.497 e. The molecule has 1 heterocycles. The van der Waals surface area contributed by atoms with Crippen molar-refractivity contribution in [1.82, 2.24) is 13.6 Å². The number of hydrogen-bond donors (Lipinski definition) is 1. The van der Waals surface area contributed by atoms with E-state index in [1.54, 1.807) is 19.2 Å². The van der Waals surface area contributed by atoms with E-state index in [1.807, 2.05) is 39.0 Å². The third-order valence-corrected chi connectivity index (χ3v) is 10.4. The summed E-state index contributed by atoms with van der Waals surface area (Å²) in [5.41, 5.74) is 3.65. The number of nitrogens with zero attached hydrogens (tertiary/aromatic N) is 2. The number of aromatic nitrogens is 1. The van der Waals surface area contributed by atoms with Crippen molar-refractivity contribution in [3.05, 3.63) is 59.3 Å². The Bertz CT molecular complexity index is 1610. The zero-order chi connectivity index (χ0) is 30.2. The lowest BCUT2D eigenvalue weighted by Gasteiger charge is -2.21. The summed E-state index contributed by atoms with van der Waals surface area (Å²) in [6.07, 6.45) is 8.54. The van der Waals surface area contributed by atoms with Crippen molar-refractivity contribution in [3.8, 4) is 5.75 Å². The summed E-state index contributed by atoms with van der Waals surface area (Å²) in [5, 5.41) is 1.03. The van der Waals surface area contributed by atoms with Crippen LogP contribution < -0.4 is 14.9 Å². The molecule has 0 radical (unpaired) electrons. The molecule has 0 aliphatic heterocycles. The Kier molecular flexibility index (Phi) is 8.45. The van der Waals surface area contributed by atoms with E-state index in [1.165, 1.54) is 38.9 Å². The van der Waals surface area contributed by atoms with Crippen LogP contribution in [-0.4, -0.2) is 64.8 Å². The van der Waals surface area contributed by atoms with E-state index in [9.17, 15) is 18.0 Å². The molecule has 9 nitrogen and oxygen atoms in total. The van der Waals surface area contributed by atoms with Crippen molar-refractivity contribution in [2.24, 2.45) is 5.41 Å². The zero-order valence-corrected chi connectivity index (χ0v) is 25.9. The quantitative estimate of drug-likeness (QED) is 0.286. The molecule has 3 aromatic rings. The molecule has 11 heteroatoms. The first-order chi connectivity index (χ1) is 20.0. The molecule has 0 bridgehead atoms. The molecule has 1 N–H and O–H groups in total. The number of rotatable bonds is 10. The molecule has 2 aliphatic carbocycles. The third-order valence-electron chi connectivity index (χ3n) is 8.99. The Morgan fingerprint density at radius 2 is 1.83 bits per heavy atom. The SMILES string of the molecule is Bc1ccc(OC)cc1[C@@H]1C[C@@]1(Cn1cc(C2CCCCC2)c2ccc(C(=O)NS(=O)(=O)N(C)C)cc21)C(=O)OCC. The average molecular weight is 594 g/mol. The molecule has 0 saturated heterocycles. The molecule has 1 amide bonds. The molecule has 224 valence electrons. The van der Waals surface area contributed by atoms with Crippen LogP contribution in [0.3, 0.4) is 0 Å². The first kappa shape index (κ1) is 30.2. The number of amides is 1. The Labute approximate surface area is 249 Å². The smallest absolute Gasteiger partial charge is 0.314 e. The summed E-state index contributed by atoms with van der Waals surface area (Å²) in [7, 11) is 2.46. The van der Waals surface area contributed by atoms with Gasteiger partial charge in [0.2, 0.25) is 0 Å². The molecule has 2 aliphatic rings. The standard InChI is InChI=1S/C31H40BN3O6S/c1-5-41-30(37)31(17-26(31)24-16-22(40-4)12-14-27(24)32)19-35-18-25(20-9-7-6-8-10-20)23-13-11-21(15-28(23)35)29(36)33-42(38,39)34(2)3/h11-16,18,20,26H,5-10,17,19,32H2,1-4H3,(H,33,36)/t26-,31-/m0/s1. The van der Waals surface area contributed by atoms with Gasteiger partial charge in [-0.3, -0.25) is 9.59 Å². The zero-order valence-electron chi connectivity index (χ0n) is 25.1. The fourth-order valence-corrected chi connectivity index (χ4v) is 7.01. The Morgan fingerprint density at radius 3 is 2.50 bits per heavy atom. The molecular weight excluding hydrogens is 553 g/mol. The van der Waals surface area contributed by atoms with Crippen LogP contribution in [0.4, 0.5) is 0 Å². The summed E-state index contributed by atoms with van der Waals surface area (Å²) in [6, 6.07) is 11.3. The molecule has 1 aromatic heterocycles. The molecule has 2 fully saturated rings. The summed E-state index contributed by atoms with van der Waals surface area (Å²) in [4.78, 5) is 26.7. The van der Waals surface area contributed by atoms with Crippen molar-refractivity contribution >= 4 is 46.3 Å². The number of nitrogens with one attached hydrogen (secondary N) is 1. The second-order valence-electron chi connectivity index (χ2n) is 11.9. The highest BCUT2D eigenvalue weighted by atomic mass is 32.2. The van der Waals surface area contributed by atoms with E-state index in [-0.39, 0.29) is 24.1 Å². The maximum absolute atomic E-state index is 13.6. The monoisotopic (exact) mass is 593 g/mol. The van der Waals surface area contributed by atoms with E-state index in [2.05, 4.69) is 15.5 Å². The van der Waals surface area contributed by atoms with Gasteiger partial charge in [0.1, 0.15) is 13.6 Å². The first-order valence-corrected chi connectivity index (χ1v) is 16.1. The minimum Gasteiger partial charge on any atom is -0.497 e. The minimum absolute atomic E-state index is 0.0426. The molecular formula is C31H40BN3O6S. The lowest BCUT2D eigenvalue weighted by molar-refractivity contribution is -0.150. The topological polar surface area (TPSA) is 107 Å². The molecule has 0 unspecified atom stereocenters. The minimum atomic E-state index is -3.95. The number of esters is 1. The molecule has 2 saturated carbocycles. The number of carbonyl (C=O) groups excluding carboxylic acids is 2.